The smallest absolute Gasteiger partial charge is 0.354 e. The van der Waals surface area contributed by atoms with Crippen LogP contribution in [0.5, 0.6) is 0 Å². The van der Waals surface area contributed by atoms with Crippen LogP contribution in [0.25, 0.3) is 5.82 Å². The van der Waals surface area contributed by atoms with Crippen LogP contribution in [0.15, 0.2) is 12.1 Å². The third-order valence-corrected chi connectivity index (χ3v) is 2.22. The van der Waals surface area contributed by atoms with Crippen LogP contribution in [-0.4, -0.2) is 30.8 Å². The number of carboxylic acids is 1. The fourth-order valence-electron chi connectivity index (χ4n) is 1.63. The van der Waals surface area contributed by atoms with E-state index >= 15 is 0 Å². The van der Waals surface area contributed by atoms with Gasteiger partial charge in [0.05, 0.1) is 5.69 Å². The Labute approximate surface area is 98.0 Å². The van der Waals surface area contributed by atoms with Crippen molar-refractivity contribution >= 4 is 5.97 Å². The highest BCUT2D eigenvalue weighted by Crippen LogP contribution is 2.11. The first-order valence-electron chi connectivity index (χ1n) is 5.10. The van der Waals surface area contributed by atoms with Crippen molar-refractivity contribution in [2.24, 2.45) is 0 Å². The van der Waals surface area contributed by atoms with Gasteiger partial charge in [0.25, 0.3) is 0 Å². The third kappa shape index (κ3) is 2.15. The second-order valence-electron chi connectivity index (χ2n) is 3.80. The molecule has 88 valence electrons. The fourth-order valence-corrected chi connectivity index (χ4v) is 1.63. The van der Waals surface area contributed by atoms with Gasteiger partial charge in [0, 0.05) is 11.8 Å². The minimum Gasteiger partial charge on any atom is -0.477 e. The minimum absolute atomic E-state index is 0.0972. The van der Waals surface area contributed by atoms with Crippen LogP contribution in [-0.2, 0) is 0 Å². The molecule has 2 heterocycles. The molecule has 0 atom stereocenters. The summed E-state index contributed by atoms with van der Waals surface area (Å²) in [5, 5.41) is 13.2. The molecular formula is C11H12N4O2. The number of hydrogen-bond donors (Lipinski definition) is 1. The number of aryl methyl sites for hydroxylation is 3. The van der Waals surface area contributed by atoms with Gasteiger partial charge in [0.15, 0.2) is 11.5 Å². The van der Waals surface area contributed by atoms with E-state index in [2.05, 4.69) is 15.1 Å². The maximum atomic E-state index is 11.1. The molecule has 0 amide bonds. The second kappa shape index (κ2) is 3.97. The molecule has 0 saturated carbocycles. The summed E-state index contributed by atoms with van der Waals surface area (Å²) >= 11 is 0. The van der Waals surface area contributed by atoms with E-state index in [1.165, 1.54) is 10.7 Å². The van der Waals surface area contributed by atoms with Crippen molar-refractivity contribution in [1.29, 1.82) is 0 Å². The molecule has 17 heavy (non-hydrogen) atoms. The quantitative estimate of drug-likeness (QED) is 0.843. The Hall–Kier alpha value is -2.24. The SMILES string of the molecule is Cc1cc(-n2nc(C)cc2C(=O)O)nc(C)n1. The Morgan fingerprint density at radius 1 is 1.18 bits per heavy atom. The van der Waals surface area contributed by atoms with Crippen LogP contribution < -0.4 is 0 Å². The first-order valence-corrected chi connectivity index (χ1v) is 5.10. The summed E-state index contributed by atoms with van der Waals surface area (Å²) in [4.78, 5) is 19.4. The number of hydrogen-bond acceptors (Lipinski definition) is 4. The lowest BCUT2D eigenvalue weighted by Crippen LogP contribution is -2.10. The van der Waals surface area contributed by atoms with Crippen LogP contribution in [0.4, 0.5) is 0 Å². The molecule has 0 saturated heterocycles. The van der Waals surface area contributed by atoms with E-state index in [0.717, 1.165) is 5.69 Å². The van der Waals surface area contributed by atoms with E-state index in [1.807, 2.05) is 6.92 Å². The van der Waals surface area contributed by atoms with Gasteiger partial charge in [-0.25, -0.2) is 19.4 Å². The molecule has 0 aliphatic rings. The molecule has 0 aliphatic carbocycles. The van der Waals surface area contributed by atoms with Gasteiger partial charge in [-0.1, -0.05) is 0 Å². The van der Waals surface area contributed by atoms with Gasteiger partial charge in [-0.3, -0.25) is 0 Å². The average Bonchev–Trinajstić information content (AvgIpc) is 2.59. The first-order chi connectivity index (χ1) is 7.97. The lowest BCUT2D eigenvalue weighted by Gasteiger charge is -2.05. The average molecular weight is 232 g/mol. The van der Waals surface area contributed by atoms with Gasteiger partial charge in [-0.15, -0.1) is 0 Å². The van der Waals surface area contributed by atoms with E-state index in [4.69, 9.17) is 5.11 Å². The Morgan fingerprint density at radius 2 is 1.88 bits per heavy atom. The molecule has 2 rings (SSSR count). The van der Waals surface area contributed by atoms with Gasteiger partial charge in [0.1, 0.15) is 5.82 Å². The summed E-state index contributed by atoms with van der Waals surface area (Å²) < 4.78 is 1.32. The summed E-state index contributed by atoms with van der Waals surface area (Å²) in [6.07, 6.45) is 0. The van der Waals surface area contributed by atoms with Gasteiger partial charge in [-0.05, 0) is 26.8 Å². The largest absolute Gasteiger partial charge is 0.477 e. The molecule has 2 aromatic rings. The van der Waals surface area contributed by atoms with E-state index in [1.54, 1.807) is 19.9 Å². The standard InChI is InChI=1S/C11H12N4O2/c1-6-5-10(13-8(3)12-6)15-9(11(16)17)4-7(2)14-15/h4-5H,1-3H3,(H,16,17). The van der Waals surface area contributed by atoms with Gasteiger partial charge in [-0.2, -0.15) is 5.10 Å². The monoisotopic (exact) mass is 232 g/mol. The lowest BCUT2D eigenvalue weighted by molar-refractivity contribution is 0.0686. The van der Waals surface area contributed by atoms with Crippen molar-refractivity contribution in [1.82, 2.24) is 19.7 Å². The van der Waals surface area contributed by atoms with Gasteiger partial charge < -0.3 is 5.11 Å². The Bertz CT molecular complexity index is 569. The topological polar surface area (TPSA) is 80.9 Å². The van der Waals surface area contributed by atoms with Crippen LogP contribution in [0.3, 0.4) is 0 Å². The summed E-state index contributed by atoms with van der Waals surface area (Å²) in [7, 11) is 0. The Kier molecular flexibility index (Phi) is 2.63. The Balaban J connectivity index is 2.63. The summed E-state index contributed by atoms with van der Waals surface area (Å²) in [6, 6.07) is 3.21. The highest BCUT2D eigenvalue weighted by atomic mass is 16.4. The number of aromatic nitrogens is 4. The highest BCUT2D eigenvalue weighted by molar-refractivity contribution is 5.86. The molecule has 2 aromatic heterocycles. The molecule has 0 aromatic carbocycles. The Morgan fingerprint density at radius 3 is 2.47 bits per heavy atom. The van der Waals surface area contributed by atoms with Crippen LogP contribution in [0.2, 0.25) is 0 Å². The zero-order chi connectivity index (χ0) is 12.6. The van der Waals surface area contributed by atoms with E-state index in [9.17, 15) is 4.79 Å². The predicted molar refractivity (Wildman–Crippen MR) is 60.3 cm³/mol. The fraction of sp³-hybridized carbons (Fsp3) is 0.273. The maximum Gasteiger partial charge on any atom is 0.354 e. The molecule has 0 aliphatic heterocycles. The lowest BCUT2D eigenvalue weighted by atomic mass is 10.3. The molecule has 0 fully saturated rings. The third-order valence-electron chi connectivity index (χ3n) is 2.22. The number of rotatable bonds is 2. The van der Waals surface area contributed by atoms with Crippen LogP contribution in [0, 0.1) is 20.8 Å². The molecule has 0 spiro atoms. The maximum absolute atomic E-state index is 11.1. The normalized spacial score (nSPS) is 10.5. The van der Waals surface area contributed by atoms with E-state index < -0.39 is 5.97 Å². The van der Waals surface area contributed by atoms with Crippen molar-refractivity contribution in [3.05, 3.63) is 35.0 Å². The van der Waals surface area contributed by atoms with Crippen LogP contribution in [0.1, 0.15) is 27.7 Å². The summed E-state index contributed by atoms with van der Waals surface area (Å²) in [5.74, 6) is 0.0320. The predicted octanol–water partition coefficient (Wildman–Crippen LogP) is 1.29. The summed E-state index contributed by atoms with van der Waals surface area (Å²) in [5.41, 5.74) is 1.51. The second-order valence-corrected chi connectivity index (χ2v) is 3.80. The summed E-state index contributed by atoms with van der Waals surface area (Å²) in [6.45, 7) is 5.33. The number of carbonyl (C=O) groups is 1. The number of nitrogens with zero attached hydrogens (tertiary/aromatic N) is 4. The minimum atomic E-state index is -1.03. The highest BCUT2D eigenvalue weighted by Gasteiger charge is 2.15. The van der Waals surface area contributed by atoms with Gasteiger partial charge in [0.2, 0.25) is 0 Å². The molecular weight excluding hydrogens is 220 g/mol. The number of carboxylic acid groups (broad SMARTS) is 1. The molecule has 1 N–H and O–H groups in total. The zero-order valence-electron chi connectivity index (χ0n) is 9.80. The van der Waals surface area contributed by atoms with Crippen molar-refractivity contribution < 1.29 is 9.90 Å². The number of aromatic carboxylic acids is 1. The van der Waals surface area contributed by atoms with Gasteiger partial charge >= 0.3 is 5.97 Å². The van der Waals surface area contributed by atoms with Crippen molar-refractivity contribution in [3.8, 4) is 5.82 Å². The van der Waals surface area contributed by atoms with Crippen molar-refractivity contribution in [2.45, 2.75) is 20.8 Å². The first kappa shape index (κ1) is 11.3. The molecule has 0 unspecified atom stereocenters. The van der Waals surface area contributed by atoms with E-state index in [-0.39, 0.29) is 5.69 Å². The van der Waals surface area contributed by atoms with E-state index in [0.29, 0.717) is 17.3 Å². The van der Waals surface area contributed by atoms with Crippen LogP contribution >= 0.6 is 0 Å². The molecule has 6 heteroatoms. The molecule has 0 radical (unpaired) electrons. The van der Waals surface area contributed by atoms with Crippen molar-refractivity contribution in [3.63, 3.8) is 0 Å². The van der Waals surface area contributed by atoms with Crippen molar-refractivity contribution in [2.75, 3.05) is 0 Å². The molecule has 0 bridgehead atoms. The molecule has 6 nitrogen and oxygen atoms in total. The zero-order valence-corrected chi connectivity index (χ0v) is 9.80.